The van der Waals surface area contributed by atoms with Crippen molar-refractivity contribution in [3.8, 4) is 5.75 Å². The highest BCUT2D eigenvalue weighted by Gasteiger charge is 2.32. The molecule has 3 rings (SSSR count). The van der Waals surface area contributed by atoms with E-state index in [9.17, 15) is 14.7 Å². The first-order valence-corrected chi connectivity index (χ1v) is 5.87. The van der Waals surface area contributed by atoms with Crippen LogP contribution in [0.5, 0.6) is 5.75 Å². The zero-order valence-corrected chi connectivity index (χ0v) is 10.2. The van der Waals surface area contributed by atoms with E-state index in [4.69, 9.17) is 0 Å². The number of phenolic OH excluding ortho intramolecular Hbond substituents is 1. The van der Waals surface area contributed by atoms with Gasteiger partial charge < -0.3 is 10.4 Å². The van der Waals surface area contributed by atoms with Crippen molar-refractivity contribution < 1.29 is 14.7 Å². The number of carbonyl (C=O) groups excluding carboxylic acids is 2. The van der Waals surface area contributed by atoms with Crippen molar-refractivity contribution >= 4 is 17.3 Å². The summed E-state index contributed by atoms with van der Waals surface area (Å²) in [5.41, 5.74) is 1.48. The lowest BCUT2D eigenvalue weighted by atomic mass is 9.83. The van der Waals surface area contributed by atoms with Crippen molar-refractivity contribution in [1.82, 2.24) is 0 Å². The normalized spacial score (nSPS) is 12.9. The average molecular weight is 253 g/mol. The third kappa shape index (κ3) is 1.46. The Balaban J connectivity index is 2.33. The highest BCUT2D eigenvalue weighted by atomic mass is 16.3. The summed E-state index contributed by atoms with van der Waals surface area (Å²) in [4.78, 5) is 24.7. The van der Waals surface area contributed by atoms with Crippen molar-refractivity contribution in [3.63, 3.8) is 0 Å². The Morgan fingerprint density at radius 2 is 1.53 bits per heavy atom. The molecule has 2 aromatic rings. The van der Waals surface area contributed by atoms with Gasteiger partial charge in [0.15, 0.2) is 17.3 Å². The maximum Gasteiger partial charge on any atom is 0.198 e. The second-order valence-corrected chi connectivity index (χ2v) is 4.34. The number of ketones is 2. The zero-order valence-electron chi connectivity index (χ0n) is 10.2. The number of phenols is 1. The molecule has 0 bridgehead atoms. The topological polar surface area (TPSA) is 66.4 Å². The van der Waals surface area contributed by atoms with Crippen molar-refractivity contribution in [2.24, 2.45) is 0 Å². The third-order valence-corrected chi connectivity index (χ3v) is 3.34. The fraction of sp³-hybridized carbons (Fsp3) is 0.0667. The fourth-order valence-corrected chi connectivity index (χ4v) is 2.37. The number of fused-ring (bicyclic) bond motifs is 2. The predicted molar refractivity (Wildman–Crippen MR) is 71.0 cm³/mol. The number of anilines is 1. The Morgan fingerprint density at radius 1 is 0.895 bits per heavy atom. The van der Waals surface area contributed by atoms with Crippen molar-refractivity contribution in [2.45, 2.75) is 0 Å². The molecule has 0 saturated heterocycles. The molecule has 1 aliphatic carbocycles. The van der Waals surface area contributed by atoms with E-state index in [0.29, 0.717) is 16.8 Å². The summed E-state index contributed by atoms with van der Waals surface area (Å²) in [6.07, 6.45) is 0. The first-order valence-electron chi connectivity index (χ1n) is 5.87. The Hall–Kier alpha value is -2.62. The van der Waals surface area contributed by atoms with Crippen LogP contribution < -0.4 is 5.32 Å². The van der Waals surface area contributed by atoms with Gasteiger partial charge in [0.25, 0.3) is 0 Å². The summed E-state index contributed by atoms with van der Waals surface area (Å²) in [6, 6.07) is 9.81. The van der Waals surface area contributed by atoms with Crippen LogP contribution in [0.15, 0.2) is 36.4 Å². The molecule has 4 nitrogen and oxygen atoms in total. The molecule has 0 amide bonds. The molecule has 4 heteroatoms. The third-order valence-electron chi connectivity index (χ3n) is 3.34. The maximum absolute atomic E-state index is 12.4. The lowest BCUT2D eigenvalue weighted by molar-refractivity contribution is 0.0977. The molecule has 0 fully saturated rings. The van der Waals surface area contributed by atoms with Crippen LogP contribution in [-0.2, 0) is 0 Å². The quantitative estimate of drug-likeness (QED) is 0.652. The van der Waals surface area contributed by atoms with Gasteiger partial charge in [0.2, 0.25) is 0 Å². The number of hydrogen-bond donors (Lipinski definition) is 2. The van der Waals surface area contributed by atoms with Gasteiger partial charge in [-0.1, -0.05) is 24.3 Å². The molecular weight excluding hydrogens is 242 g/mol. The number of benzene rings is 2. The van der Waals surface area contributed by atoms with E-state index < -0.39 is 0 Å². The number of rotatable bonds is 1. The fourth-order valence-electron chi connectivity index (χ4n) is 2.37. The monoisotopic (exact) mass is 253 g/mol. The largest absolute Gasteiger partial charge is 0.505 e. The van der Waals surface area contributed by atoms with Crippen LogP contribution in [0.3, 0.4) is 0 Å². The predicted octanol–water partition coefficient (Wildman–Crippen LogP) is 2.21. The summed E-state index contributed by atoms with van der Waals surface area (Å²) in [5.74, 6) is -0.726. The van der Waals surface area contributed by atoms with Gasteiger partial charge in [-0.15, -0.1) is 0 Å². The molecule has 0 atom stereocenters. The molecule has 0 radical (unpaired) electrons. The first-order chi connectivity index (χ1) is 9.15. The minimum absolute atomic E-state index is 0.0792. The Kier molecular flexibility index (Phi) is 2.38. The van der Waals surface area contributed by atoms with Crippen LogP contribution in [0.25, 0.3) is 0 Å². The summed E-state index contributed by atoms with van der Waals surface area (Å²) in [7, 11) is 1.64. The van der Waals surface area contributed by atoms with Crippen LogP contribution in [0.1, 0.15) is 31.8 Å². The number of aromatic hydroxyl groups is 1. The summed E-state index contributed by atoms with van der Waals surface area (Å²) < 4.78 is 0. The Morgan fingerprint density at radius 3 is 2.16 bits per heavy atom. The highest BCUT2D eigenvalue weighted by Crippen LogP contribution is 2.36. The maximum atomic E-state index is 12.4. The smallest absolute Gasteiger partial charge is 0.198 e. The molecule has 0 spiro atoms. The molecular formula is C15H11NO3. The molecule has 0 saturated carbocycles. The molecule has 94 valence electrons. The Labute approximate surface area is 109 Å². The molecule has 0 unspecified atom stereocenters. The summed E-state index contributed by atoms with van der Waals surface area (Å²) in [6.45, 7) is 0. The van der Waals surface area contributed by atoms with Crippen LogP contribution in [0.2, 0.25) is 0 Å². The van der Waals surface area contributed by atoms with Crippen LogP contribution in [0.4, 0.5) is 5.69 Å². The second kappa shape index (κ2) is 3.95. The number of hydrogen-bond acceptors (Lipinski definition) is 4. The van der Waals surface area contributed by atoms with Gasteiger partial charge in [-0.05, 0) is 12.1 Å². The van der Waals surface area contributed by atoms with Crippen LogP contribution in [0, 0.1) is 0 Å². The average Bonchev–Trinajstić information content (AvgIpc) is 2.44. The molecule has 2 N–H and O–H groups in total. The standard InChI is InChI=1S/C15H11NO3/c1-16-11-7-6-10-12(15(11)19)14(18)9-5-3-2-4-8(9)13(10)17/h2-7,16,19H,1H3. The zero-order chi connectivity index (χ0) is 13.6. The molecule has 0 aliphatic heterocycles. The molecule has 1 aliphatic rings. The Bertz CT molecular complexity index is 719. The molecule has 0 heterocycles. The lowest BCUT2D eigenvalue weighted by Crippen LogP contribution is -2.21. The van der Waals surface area contributed by atoms with E-state index in [1.165, 1.54) is 0 Å². The van der Waals surface area contributed by atoms with Gasteiger partial charge in [-0.25, -0.2) is 0 Å². The van der Waals surface area contributed by atoms with E-state index in [1.54, 1.807) is 43.4 Å². The van der Waals surface area contributed by atoms with E-state index in [1.807, 2.05) is 0 Å². The molecule has 2 aromatic carbocycles. The van der Waals surface area contributed by atoms with Gasteiger partial charge >= 0.3 is 0 Å². The van der Waals surface area contributed by atoms with Crippen molar-refractivity contribution in [2.75, 3.05) is 12.4 Å². The first kappa shape index (κ1) is 11.5. The van der Waals surface area contributed by atoms with Crippen molar-refractivity contribution in [3.05, 3.63) is 58.7 Å². The van der Waals surface area contributed by atoms with Crippen LogP contribution >= 0.6 is 0 Å². The van der Waals surface area contributed by atoms with E-state index >= 15 is 0 Å². The van der Waals surface area contributed by atoms with E-state index in [-0.39, 0.29) is 28.4 Å². The van der Waals surface area contributed by atoms with Gasteiger partial charge in [-0.3, -0.25) is 9.59 Å². The highest BCUT2D eigenvalue weighted by molar-refractivity contribution is 6.29. The van der Waals surface area contributed by atoms with Gasteiger partial charge in [0.05, 0.1) is 11.3 Å². The van der Waals surface area contributed by atoms with Gasteiger partial charge in [0, 0.05) is 23.7 Å². The minimum Gasteiger partial charge on any atom is -0.505 e. The van der Waals surface area contributed by atoms with Crippen LogP contribution in [-0.4, -0.2) is 23.7 Å². The molecule has 19 heavy (non-hydrogen) atoms. The summed E-state index contributed by atoms with van der Waals surface area (Å²) in [5, 5.41) is 12.9. The number of nitrogens with one attached hydrogen (secondary N) is 1. The van der Waals surface area contributed by atoms with E-state index in [2.05, 4.69) is 5.32 Å². The van der Waals surface area contributed by atoms with Crippen molar-refractivity contribution in [1.29, 1.82) is 0 Å². The van der Waals surface area contributed by atoms with Gasteiger partial charge in [-0.2, -0.15) is 0 Å². The second-order valence-electron chi connectivity index (χ2n) is 4.34. The minimum atomic E-state index is -0.320. The van der Waals surface area contributed by atoms with E-state index in [0.717, 1.165) is 0 Å². The number of carbonyl (C=O) groups is 2. The van der Waals surface area contributed by atoms with Gasteiger partial charge in [0.1, 0.15) is 0 Å². The summed E-state index contributed by atoms with van der Waals surface area (Å²) >= 11 is 0. The lowest BCUT2D eigenvalue weighted by Gasteiger charge is -2.19. The SMILES string of the molecule is CNc1ccc2c(c1O)C(=O)c1ccccc1C2=O. The molecule has 0 aromatic heterocycles.